The first-order valence-electron chi connectivity index (χ1n) is 5.31. The number of rotatable bonds is 5. The molecule has 1 atom stereocenters. The van der Waals surface area contributed by atoms with Crippen LogP contribution in [0.15, 0.2) is 6.33 Å². The highest BCUT2D eigenvalue weighted by atomic mass is 16.5. The van der Waals surface area contributed by atoms with E-state index in [9.17, 15) is 4.79 Å². The second kappa shape index (κ2) is 5.65. The van der Waals surface area contributed by atoms with Gasteiger partial charge in [-0.1, -0.05) is 0 Å². The molecule has 1 heterocycles. The first kappa shape index (κ1) is 12.7. The summed E-state index contributed by atoms with van der Waals surface area (Å²) < 4.78 is 6.79. The summed E-state index contributed by atoms with van der Waals surface area (Å²) in [6.07, 6.45) is 1.69. The number of hydrogen-bond donors (Lipinski definition) is 1. The maximum Gasteiger partial charge on any atom is 0.240 e. The van der Waals surface area contributed by atoms with Crippen LogP contribution in [0.25, 0.3) is 0 Å². The fraction of sp³-hybridized carbons (Fsp3) is 0.636. The lowest BCUT2D eigenvalue weighted by Gasteiger charge is -2.13. The fourth-order valence-corrected chi connectivity index (χ4v) is 1.47. The maximum atomic E-state index is 11.6. The van der Waals surface area contributed by atoms with Crippen molar-refractivity contribution >= 4 is 5.91 Å². The minimum absolute atomic E-state index is 0.0231. The van der Waals surface area contributed by atoms with Crippen molar-refractivity contribution in [2.45, 2.75) is 33.4 Å². The molecule has 90 valence electrons. The van der Waals surface area contributed by atoms with Gasteiger partial charge in [-0.3, -0.25) is 4.79 Å². The number of carbonyl (C=O) groups excluding carboxylic acids is 1. The van der Waals surface area contributed by atoms with Crippen LogP contribution in [0.2, 0.25) is 0 Å². The van der Waals surface area contributed by atoms with Gasteiger partial charge >= 0.3 is 0 Å². The molecule has 0 saturated carbocycles. The van der Waals surface area contributed by atoms with Gasteiger partial charge in [-0.2, -0.15) is 0 Å². The average Bonchev–Trinajstić information content (AvgIpc) is 2.50. The normalized spacial score (nSPS) is 12.5. The molecule has 1 aromatic heterocycles. The molecule has 1 amide bonds. The molecule has 0 aliphatic heterocycles. The zero-order chi connectivity index (χ0) is 12.1. The summed E-state index contributed by atoms with van der Waals surface area (Å²) in [6.45, 7) is 6.62. The van der Waals surface area contributed by atoms with Gasteiger partial charge in [0.15, 0.2) is 0 Å². The van der Waals surface area contributed by atoms with Crippen molar-refractivity contribution in [1.82, 2.24) is 14.9 Å². The number of amides is 1. The van der Waals surface area contributed by atoms with E-state index in [-0.39, 0.29) is 11.9 Å². The van der Waals surface area contributed by atoms with Crippen molar-refractivity contribution in [3.63, 3.8) is 0 Å². The maximum absolute atomic E-state index is 11.6. The highest BCUT2D eigenvalue weighted by molar-refractivity contribution is 5.76. The summed E-state index contributed by atoms with van der Waals surface area (Å²) in [5.41, 5.74) is 1.98. The predicted molar refractivity (Wildman–Crippen MR) is 61.2 cm³/mol. The summed E-state index contributed by atoms with van der Waals surface area (Å²) >= 11 is 0. The van der Waals surface area contributed by atoms with Crippen LogP contribution in [0.4, 0.5) is 0 Å². The molecule has 1 N–H and O–H groups in total. The second-order valence-corrected chi connectivity index (χ2v) is 3.97. The molecule has 0 fully saturated rings. The topological polar surface area (TPSA) is 56.1 Å². The van der Waals surface area contributed by atoms with Crippen molar-refractivity contribution in [3.05, 3.63) is 17.7 Å². The Bertz CT molecular complexity index is 360. The van der Waals surface area contributed by atoms with Crippen LogP contribution in [0.5, 0.6) is 0 Å². The molecule has 0 aromatic carbocycles. The molecular formula is C11H19N3O2. The van der Waals surface area contributed by atoms with Crippen LogP contribution in [-0.2, 0) is 16.1 Å². The van der Waals surface area contributed by atoms with Crippen molar-refractivity contribution in [2.24, 2.45) is 0 Å². The lowest BCUT2D eigenvalue weighted by Crippen LogP contribution is -2.37. The molecule has 0 aliphatic carbocycles. The third kappa shape index (κ3) is 3.34. The highest BCUT2D eigenvalue weighted by Crippen LogP contribution is 2.03. The second-order valence-electron chi connectivity index (χ2n) is 3.97. The molecule has 5 heteroatoms. The highest BCUT2D eigenvalue weighted by Gasteiger charge is 2.09. The van der Waals surface area contributed by atoms with E-state index in [2.05, 4.69) is 10.3 Å². The monoisotopic (exact) mass is 225 g/mol. The third-order valence-corrected chi connectivity index (χ3v) is 2.48. The number of imidazole rings is 1. The largest absolute Gasteiger partial charge is 0.383 e. The van der Waals surface area contributed by atoms with Gasteiger partial charge in [0, 0.05) is 18.8 Å². The Hall–Kier alpha value is -1.36. The van der Waals surface area contributed by atoms with E-state index in [1.54, 1.807) is 13.4 Å². The number of ether oxygens (including phenoxy) is 1. The molecule has 1 unspecified atom stereocenters. The number of aryl methyl sites for hydroxylation is 1. The van der Waals surface area contributed by atoms with Crippen LogP contribution in [0.3, 0.4) is 0 Å². The van der Waals surface area contributed by atoms with Gasteiger partial charge in [0.25, 0.3) is 0 Å². The average molecular weight is 225 g/mol. The molecule has 5 nitrogen and oxygen atoms in total. The van der Waals surface area contributed by atoms with Crippen molar-refractivity contribution in [3.8, 4) is 0 Å². The Morgan fingerprint density at radius 3 is 2.81 bits per heavy atom. The summed E-state index contributed by atoms with van der Waals surface area (Å²) in [6, 6.07) is 0.0300. The summed E-state index contributed by atoms with van der Waals surface area (Å²) in [5.74, 6) is -0.0231. The Labute approximate surface area is 95.8 Å². The fourth-order valence-electron chi connectivity index (χ4n) is 1.47. The molecular weight excluding hydrogens is 206 g/mol. The number of aromatic nitrogens is 2. The minimum Gasteiger partial charge on any atom is -0.383 e. The van der Waals surface area contributed by atoms with E-state index < -0.39 is 0 Å². The number of carbonyl (C=O) groups is 1. The van der Waals surface area contributed by atoms with Crippen LogP contribution in [-0.4, -0.2) is 35.2 Å². The lowest BCUT2D eigenvalue weighted by atomic mass is 10.3. The number of methoxy groups -OCH3 is 1. The molecule has 16 heavy (non-hydrogen) atoms. The third-order valence-electron chi connectivity index (χ3n) is 2.48. The van der Waals surface area contributed by atoms with Crippen LogP contribution in [0, 0.1) is 13.8 Å². The molecule has 1 rings (SSSR count). The number of nitrogens with one attached hydrogen (secondary N) is 1. The van der Waals surface area contributed by atoms with E-state index in [1.165, 1.54) is 0 Å². The Balaban J connectivity index is 2.49. The van der Waals surface area contributed by atoms with Gasteiger partial charge < -0.3 is 14.6 Å². The summed E-state index contributed by atoms with van der Waals surface area (Å²) in [4.78, 5) is 15.8. The summed E-state index contributed by atoms with van der Waals surface area (Å²) in [5, 5.41) is 2.85. The lowest BCUT2D eigenvalue weighted by molar-refractivity contribution is -0.122. The van der Waals surface area contributed by atoms with Gasteiger partial charge in [0.05, 0.1) is 18.6 Å². The van der Waals surface area contributed by atoms with Crippen molar-refractivity contribution in [2.75, 3.05) is 13.7 Å². The SMILES string of the molecule is COCC(C)NC(=O)Cn1cnc(C)c1C. The smallest absolute Gasteiger partial charge is 0.240 e. The zero-order valence-electron chi connectivity index (χ0n) is 10.3. The van der Waals surface area contributed by atoms with Gasteiger partial charge in [0.1, 0.15) is 6.54 Å². The van der Waals surface area contributed by atoms with E-state index >= 15 is 0 Å². The minimum atomic E-state index is -0.0231. The Kier molecular flexibility index (Phi) is 4.49. The van der Waals surface area contributed by atoms with Gasteiger partial charge in [-0.05, 0) is 20.8 Å². The zero-order valence-corrected chi connectivity index (χ0v) is 10.3. The predicted octanol–water partition coefficient (Wildman–Crippen LogP) is 0.651. The Morgan fingerprint density at radius 1 is 1.62 bits per heavy atom. The Morgan fingerprint density at radius 2 is 2.31 bits per heavy atom. The van der Waals surface area contributed by atoms with E-state index in [1.807, 2.05) is 25.3 Å². The van der Waals surface area contributed by atoms with Gasteiger partial charge in [-0.15, -0.1) is 0 Å². The first-order valence-corrected chi connectivity index (χ1v) is 5.31. The molecule has 0 spiro atoms. The van der Waals surface area contributed by atoms with E-state index in [4.69, 9.17) is 4.74 Å². The molecule has 0 radical (unpaired) electrons. The number of hydrogen-bond acceptors (Lipinski definition) is 3. The summed E-state index contributed by atoms with van der Waals surface area (Å²) in [7, 11) is 1.62. The van der Waals surface area contributed by atoms with Crippen molar-refractivity contribution < 1.29 is 9.53 Å². The van der Waals surface area contributed by atoms with Gasteiger partial charge in [-0.25, -0.2) is 4.98 Å². The molecule has 1 aromatic rings. The van der Waals surface area contributed by atoms with Crippen LogP contribution in [0.1, 0.15) is 18.3 Å². The molecule has 0 saturated heterocycles. The van der Waals surface area contributed by atoms with Crippen LogP contribution < -0.4 is 5.32 Å². The molecule has 0 aliphatic rings. The van der Waals surface area contributed by atoms with E-state index in [0.29, 0.717) is 13.2 Å². The van der Waals surface area contributed by atoms with E-state index in [0.717, 1.165) is 11.4 Å². The van der Waals surface area contributed by atoms with Crippen molar-refractivity contribution in [1.29, 1.82) is 0 Å². The number of nitrogens with zero attached hydrogens (tertiary/aromatic N) is 2. The van der Waals surface area contributed by atoms with Crippen LogP contribution >= 0.6 is 0 Å². The molecule has 0 bridgehead atoms. The standard InChI is InChI=1S/C11H19N3O2/c1-8(6-16-4)13-11(15)5-14-7-12-9(2)10(14)3/h7-8H,5-6H2,1-4H3,(H,13,15). The first-order chi connectivity index (χ1) is 7.54. The quantitative estimate of drug-likeness (QED) is 0.800. The van der Waals surface area contributed by atoms with Gasteiger partial charge in [0.2, 0.25) is 5.91 Å².